The fourth-order valence-electron chi connectivity index (χ4n) is 2.27. The van der Waals surface area contributed by atoms with Gasteiger partial charge in [-0.05, 0) is 31.0 Å². The Labute approximate surface area is 111 Å². The second kappa shape index (κ2) is 4.97. The third kappa shape index (κ3) is 2.65. The smallest absolute Gasteiger partial charge is 0.194 e. The summed E-state index contributed by atoms with van der Waals surface area (Å²) < 4.78 is 0. The normalized spacial score (nSPS) is 19.0. The van der Waals surface area contributed by atoms with Gasteiger partial charge in [-0.1, -0.05) is 42.5 Å². The molecule has 2 rings (SSSR count). The Morgan fingerprint density at radius 2 is 1.76 bits per heavy atom. The first-order valence-electron chi connectivity index (χ1n) is 5.75. The first kappa shape index (κ1) is 12.9. The molecule has 0 bridgehead atoms. The Kier molecular flexibility index (Phi) is 3.76. The number of aliphatic hydroxyl groups is 1. The van der Waals surface area contributed by atoms with Crippen molar-refractivity contribution in [2.45, 2.75) is 37.7 Å². The maximum Gasteiger partial charge on any atom is 0.194 e. The number of carbonyl (C=O) groups excluding carboxylic acids is 1. The van der Waals surface area contributed by atoms with Gasteiger partial charge in [0.25, 0.3) is 0 Å². The zero-order chi connectivity index (χ0) is 12.5. The molecule has 2 nitrogen and oxygen atoms in total. The quantitative estimate of drug-likeness (QED) is 0.830. The van der Waals surface area contributed by atoms with Crippen molar-refractivity contribution in [3.8, 4) is 0 Å². The van der Waals surface area contributed by atoms with E-state index in [0.29, 0.717) is 28.5 Å². The Morgan fingerprint density at radius 3 is 2.35 bits per heavy atom. The van der Waals surface area contributed by atoms with Gasteiger partial charge in [0, 0.05) is 5.56 Å². The van der Waals surface area contributed by atoms with Crippen molar-refractivity contribution in [2.75, 3.05) is 0 Å². The Morgan fingerprint density at radius 1 is 1.12 bits per heavy atom. The molecule has 0 radical (unpaired) electrons. The fourth-order valence-corrected chi connectivity index (χ4v) is 2.57. The predicted octanol–water partition coefficient (Wildman–Crippen LogP) is 3.87. The number of hydrogen-bond acceptors (Lipinski definition) is 2. The van der Waals surface area contributed by atoms with Crippen molar-refractivity contribution in [3.05, 3.63) is 33.8 Å². The molecule has 4 heteroatoms. The summed E-state index contributed by atoms with van der Waals surface area (Å²) in [6.45, 7) is 0. The number of halogens is 2. The van der Waals surface area contributed by atoms with E-state index in [1.165, 1.54) is 6.07 Å². The fraction of sp³-hybridized carbons (Fsp3) is 0.462. The summed E-state index contributed by atoms with van der Waals surface area (Å²) >= 11 is 11.7. The van der Waals surface area contributed by atoms with Crippen LogP contribution >= 0.6 is 23.2 Å². The number of ketones is 1. The molecule has 17 heavy (non-hydrogen) atoms. The SMILES string of the molecule is O=C(c1ccc(Cl)c(Cl)c1)C1(O)CCCCC1. The lowest BCUT2D eigenvalue weighted by molar-refractivity contribution is 0.0116. The van der Waals surface area contributed by atoms with Gasteiger partial charge in [-0.3, -0.25) is 4.79 Å². The molecule has 0 aromatic heterocycles. The van der Waals surface area contributed by atoms with E-state index in [1.54, 1.807) is 12.1 Å². The van der Waals surface area contributed by atoms with Crippen molar-refractivity contribution in [1.29, 1.82) is 0 Å². The Balaban J connectivity index is 2.26. The molecule has 0 amide bonds. The van der Waals surface area contributed by atoms with Crippen LogP contribution in [-0.4, -0.2) is 16.5 Å². The van der Waals surface area contributed by atoms with Crippen LogP contribution in [0.4, 0.5) is 0 Å². The minimum atomic E-state index is -1.21. The van der Waals surface area contributed by atoms with Gasteiger partial charge in [0.2, 0.25) is 0 Å². The van der Waals surface area contributed by atoms with Gasteiger partial charge in [-0.25, -0.2) is 0 Å². The van der Waals surface area contributed by atoms with E-state index in [4.69, 9.17) is 23.2 Å². The van der Waals surface area contributed by atoms with E-state index in [1.807, 2.05) is 0 Å². The first-order chi connectivity index (χ1) is 8.03. The summed E-state index contributed by atoms with van der Waals surface area (Å²) in [5.74, 6) is -0.240. The Hall–Kier alpha value is -0.570. The van der Waals surface area contributed by atoms with Crippen LogP contribution in [0, 0.1) is 0 Å². The van der Waals surface area contributed by atoms with E-state index in [0.717, 1.165) is 19.3 Å². The minimum Gasteiger partial charge on any atom is -0.382 e. The van der Waals surface area contributed by atoms with Crippen LogP contribution < -0.4 is 0 Å². The zero-order valence-electron chi connectivity index (χ0n) is 9.38. The van der Waals surface area contributed by atoms with Gasteiger partial charge in [0.05, 0.1) is 10.0 Å². The average Bonchev–Trinajstić information content (AvgIpc) is 2.33. The van der Waals surface area contributed by atoms with E-state index in [9.17, 15) is 9.90 Å². The molecule has 0 unspecified atom stereocenters. The van der Waals surface area contributed by atoms with Crippen molar-refractivity contribution in [2.24, 2.45) is 0 Å². The van der Waals surface area contributed by atoms with Crippen LogP contribution in [0.2, 0.25) is 10.0 Å². The summed E-state index contributed by atoms with van der Waals surface area (Å²) in [4.78, 5) is 12.2. The highest BCUT2D eigenvalue weighted by atomic mass is 35.5. The molecule has 1 aliphatic rings. The monoisotopic (exact) mass is 272 g/mol. The Bertz CT molecular complexity index is 437. The van der Waals surface area contributed by atoms with Crippen LogP contribution in [0.1, 0.15) is 42.5 Å². The number of benzene rings is 1. The first-order valence-corrected chi connectivity index (χ1v) is 6.51. The molecule has 0 atom stereocenters. The lowest BCUT2D eigenvalue weighted by atomic mass is 9.79. The number of Topliss-reactive ketones (excluding diaryl/α,β-unsaturated/α-hetero) is 1. The molecule has 1 aromatic rings. The molecular weight excluding hydrogens is 259 g/mol. The molecule has 1 fully saturated rings. The average molecular weight is 273 g/mol. The van der Waals surface area contributed by atoms with Crippen molar-refractivity contribution >= 4 is 29.0 Å². The summed E-state index contributed by atoms with van der Waals surface area (Å²) in [5, 5.41) is 11.1. The molecule has 1 N–H and O–H groups in total. The summed E-state index contributed by atoms with van der Waals surface area (Å²) in [7, 11) is 0. The lowest BCUT2D eigenvalue weighted by Gasteiger charge is -2.30. The molecule has 1 saturated carbocycles. The van der Waals surface area contributed by atoms with Gasteiger partial charge in [-0.2, -0.15) is 0 Å². The second-order valence-corrected chi connectivity index (χ2v) is 5.36. The van der Waals surface area contributed by atoms with E-state index in [-0.39, 0.29) is 5.78 Å². The van der Waals surface area contributed by atoms with Crippen molar-refractivity contribution in [3.63, 3.8) is 0 Å². The topological polar surface area (TPSA) is 37.3 Å². The molecule has 0 spiro atoms. The van der Waals surface area contributed by atoms with Crippen molar-refractivity contribution in [1.82, 2.24) is 0 Å². The minimum absolute atomic E-state index is 0.240. The maximum atomic E-state index is 12.2. The van der Waals surface area contributed by atoms with Crippen LogP contribution in [0.25, 0.3) is 0 Å². The molecule has 92 valence electrons. The third-order valence-corrected chi connectivity index (χ3v) is 4.02. The van der Waals surface area contributed by atoms with Gasteiger partial charge in [-0.15, -0.1) is 0 Å². The van der Waals surface area contributed by atoms with Gasteiger partial charge in [0.1, 0.15) is 5.60 Å². The van der Waals surface area contributed by atoms with Crippen molar-refractivity contribution < 1.29 is 9.90 Å². The summed E-state index contributed by atoms with van der Waals surface area (Å²) in [6, 6.07) is 4.73. The molecule has 0 heterocycles. The standard InChI is InChI=1S/C13H14Cl2O2/c14-10-5-4-9(8-11(10)15)12(16)13(17)6-2-1-3-7-13/h4-5,8,17H,1-3,6-7H2. The molecule has 0 aliphatic heterocycles. The van der Waals surface area contributed by atoms with Gasteiger partial charge >= 0.3 is 0 Å². The van der Waals surface area contributed by atoms with Crippen LogP contribution in [0.5, 0.6) is 0 Å². The zero-order valence-corrected chi connectivity index (χ0v) is 10.9. The number of hydrogen-bond donors (Lipinski definition) is 1. The summed E-state index contributed by atoms with van der Waals surface area (Å²) in [5.41, 5.74) is -0.779. The third-order valence-electron chi connectivity index (χ3n) is 3.29. The maximum absolute atomic E-state index is 12.2. The number of carbonyl (C=O) groups is 1. The number of rotatable bonds is 2. The largest absolute Gasteiger partial charge is 0.382 e. The lowest BCUT2D eigenvalue weighted by Crippen LogP contribution is -2.40. The molecule has 1 aromatic carbocycles. The van der Waals surface area contributed by atoms with Gasteiger partial charge < -0.3 is 5.11 Å². The highest BCUT2D eigenvalue weighted by Gasteiger charge is 2.37. The van der Waals surface area contributed by atoms with E-state index in [2.05, 4.69) is 0 Å². The van der Waals surface area contributed by atoms with Gasteiger partial charge in [0.15, 0.2) is 5.78 Å². The van der Waals surface area contributed by atoms with E-state index < -0.39 is 5.60 Å². The molecule has 0 saturated heterocycles. The summed E-state index contributed by atoms with van der Waals surface area (Å²) in [6.07, 6.45) is 3.93. The van der Waals surface area contributed by atoms with Crippen LogP contribution in [-0.2, 0) is 0 Å². The van der Waals surface area contributed by atoms with Crippen LogP contribution in [0.15, 0.2) is 18.2 Å². The predicted molar refractivity (Wildman–Crippen MR) is 68.8 cm³/mol. The second-order valence-electron chi connectivity index (χ2n) is 4.55. The highest BCUT2D eigenvalue weighted by molar-refractivity contribution is 6.42. The highest BCUT2D eigenvalue weighted by Crippen LogP contribution is 2.32. The van der Waals surface area contributed by atoms with Crippen LogP contribution in [0.3, 0.4) is 0 Å². The molecular formula is C13H14Cl2O2. The molecule has 1 aliphatic carbocycles. The van der Waals surface area contributed by atoms with E-state index >= 15 is 0 Å².